The Morgan fingerprint density at radius 3 is 2.50 bits per heavy atom. The molecule has 0 amide bonds. The quantitative estimate of drug-likeness (QED) is 0.569. The van der Waals surface area contributed by atoms with Gasteiger partial charge in [-0.1, -0.05) is 25.8 Å². The van der Waals surface area contributed by atoms with Crippen molar-refractivity contribution in [2.45, 2.75) is 39.5 Å². The van der Waals surface area contributed by atoms with Gasteiger partial charge in [0.2, 0.25) is 0 Å². The first kappa shape index (κ1) is 10.9. The molecule has 0 bridgehead atoms. The van der Waals surface area contributed by atoms with Gasteiger partial charge in [0.05, 0.1) is 0 Å². The highest BCUT2D eigenvalue weighted by molar-refractivity contribution is 5.64. The van der Waals surface area contributed by atoms with Crippen molar-refractivity contribution in [3.63, 3.8) is 0 Å². The Bertz CT molecular complexity index is 305. The topological polar surface area (TPSA) is 52.0 Å². The van der Waals surface area contributed by atoms with Gasteiger partial charge in [-0.2, -0.15) is 0 Å². The van der Waals surface area contributed by atoms with E-state index in [4.69, 9.17) is 11.5 Å². The zero-order chi connectivity index (χ0) is 10.6. The van der Waals surface area contributed by atoms with Gasteiger partial charge in [-0.15, -0.1) is 0 Å². The van der Waals surface area contributed by atoms with Crippen LogP contribution >= 0.6 is 0 Å². The molecule has 2 nitrogen and oxygen atoms in total. The standard InChI is InChI=1S/C12H20N2/c1-3-4-5-6-10-7-8-11(13)9(2)12(10)14/h7-8H,3-6,13-14H2,1-2H3. The highest BCUT2D eigenvalue weighted by Gasteiger charge is 2.04. The van der Waals surface area contributed by atoms with Crippen LogP contribution in [-0.4, -0.2) is 0 Å². The van der Waals surface area contributed by atoms with E-state index in [2.05, 4.69) is 6.92 Å². The first-order chi connectivity index (χ1) is 6.66. The van der Waals surface area contributed by atoms with Crippen LogP contribution < -0.4 is 11.5 Å². The van der Waals surface area contributed by atoms with Gasteiger partial charge in [0.1, 0.15) is 0 Å². The van der Waals surface area contributed by atoms with Crippen LogP contribution in [0.4, 0.5) is 11.4 Å². The molecule has 1 aromatic rings. The molecule has 0 aromatic heterocycles. The number of rotatable bonds is 4. The van der Waals surface area contributed by atoms with E-state index in [9.17, 15) is 0 Å². The molecule has 1 rings (SSSR count). The van der Waals surface area contributed by atoms with Crippen LogP contribution in [0.25, 0.3) is 0 Å². The average Bonchev–Trinajstić information content (AvgIpc) is 2.18. The SMILES string of the molecule is CCCCCc1ccc(N)c(C)c1N. The van der Waals surface area contributed by atoms with Crippen LogP contribution in [0.1, 0.15) is 37.3 Å². The third kappa shape index (κ3) is 2.41. The third-order valence-electron chi connectivity index (χ3n) is 2.70. The third-order valence-corrected chi connectivity index (χ3v) is 2.70. The van der Waals surface area contributed by atoms with E-state index >= 15 is 0 Å². The summed E-state index contributed by atoms with van der Waals surface area (Å²) in [6.07, 6.45) is 4.79. The van der Waals surface area contributed by atoms with Gasteiger partial charge < -0.3 is 11.5 Å². The Labute approximate surface area is 86.3 Å². The minimum absolute atomic E-state index is 0.793. The molecule has 78 valence electrons. The summed E-state index contributed by atoms with van der Waals surface area (Å²) in [5.41, 5.74) is 15.7. The van der Waals surface area contributed by atoms with Crippen LogP contribution in [0.3, 0.4) is 0 Å². The van der Waals surface area contributed by atoms with Crippen molar-refractivity contribution >= 4 is 11.4 Å². The Kier molecular flexibility index (Phi) is 3.81. The van der Waals surface area contributed by atoms with Crippen molar-refractivity contribution in [2.75, 3.05) is 11.5 Å². The molecule has 1 aromatic carbocycles. The fraction of sp³-hybridized carbons (Fsp3) is 0.500. The summed E-state index contributed by atoms with van der Waals surface area (Å²) in [5, 5.41) is 0. The number of benzene rings is 1. The van der Waals surface area contributed by atoms with Crippen LogP contribution in [0.2, 0.25) is 0 Å². The Hall–Kier alpha value is -1.18. The molecule has 2 heteroatoms. The number of nitrogen functional groups attached to an aromatic ring is 2. The van der Waals surface area contributed by atoms with E-state index in [-0.39, 0.29) is 0 Å². The number of nitrogens with two attached hydrogens (primary N) is 2. The molecule has 0 unspecified atom stereocenters. The van der Waals surface area contributed by atoms with Gasteiger partial charge in [-0.25, -0.2) is 0 Å². The van der Waals surface area contributed by atoms with Crippen molar-refractivity contribution in [3.05, 3.63) is 23.3 Å². The fourth-order valence-electron chi connectivity index (χ4n) is 1.58. The van der Waals surface area contributed by atoms with E-state index in [1.807, 2.05) is 19.1 Å². The second-order valence-electron chi connectivity index (χ2n) is 3.81. The van der Waals surface area contributed by atoms with Crippen molar-refractivity contribution < 1.29 is 0 Å². The summed E-state index contributed by atoms with van der Waals surface area (Å²) in [6, 6.07) is 4.00. The molecule has 0 saturated carbocycles. The van der Waals surface area contributed by atoms with E-state index in [1.165, 1.54) is 24.8 Å². The second-order valence-corrected chi connectivity index (χ2v) is 3.81. The predicted octanol–water partition coefficient (Wildman–Crippen LogP) is 2.89. The van der Waals surface area contributed by atoms with Gasteiger partial charge in [0, 0.05) is 11.4 Å². The molecule has 0 fully saturated rings. The monoisotopic (exact) mass is 192 g/mol. The summed E-state index contributed by atoms with van der Waals surface area (Å²) < 4.78 is 0. The van der Waals surface area contributed by atoms with E-state index in [1.54, 1.807) is 0 Å². The molecule has 14 heavy (non-hydrogen) atoms. The molecule has 0 aliphatic heterocycles. The maximum absolute atomic E-state index is 5.99. The smallest absolute Gasteiger partial charge is 0.0396 e. The molecule has 0 aliphatic carbocycles. The van der Waals surface area contributed by atoms with Crippen LogP contribution in [0, 0.1) is 6.92 Å². The van der Waals surface area contributed by atoms with Gasteiger partial charge in [0.25, 0.3) is 0 Å². The molecular weight excluding hydrogens is 172 g/mol. The van der Waals surface area contributed by atoms with Gasteiger partial charge in [-0.3, -0.25) is 0 Å². The summed E-state index contributed by atoms with van der Waals surface area (Å²) >= 11 is 0. The molecular formula is C12H20N2. The van der Waals surface area contributed by atoms with Crippen molar-refractivity contribution in [1.29, 1.82) is 0 Å². The zero-order valence-corrected chi connectivity index (χ0v) is 9.14. The van der Waals surface area contributed by atoms with Crippen molar-refractivity contribution in [1.82, 2.24) is 0 Å². The molecule has 0 aliphatic rings. The normalized spacial score (nSPS) is 10.4. The maximum atomic E-state index is 5.99. The van der Waals surface area contributed by atoms with Crippen molar-refractivity contribution in [2.24, 2.45) is 0 Å². The Morgan fingerprint density at radius 2 is 1.86 bits per heavy atom. The summed E-state index contributed by atoms with van der Waals surface area (Å²) in [6.45, 7) is 4.19. The maximum Gasteiger partial charge on any atom is 0.0396 e. The predicted molar refractivity (Wildman–Crippen MR) is 63.2 cm³/mol. The highest BCUT2D eigenvalue weighted by Crippen LogP contribution is 2.24. The Balaban J connectivity index is 2.73. The first-order valence-electron chi connectivity index (χ1n) is 5.30. The molecule has 0 spiro atoms. The van der Waals surface area contributed by atoms with Gasteiger partial charge in [0.15, 0.2) is 0 Å². The summed E-state index contributed by atoms with van der Waals surface area (Å²) in [5.74, 6) is 0. The zero-order valence-electron chi connectivity index (χ0n) is 9.14. The molecule has 0 saturated heterocycles. The lowest BCUT2D eigenvalue weighted by Gasteiger charge is -2.10. The van der Waals surface area contributed by atoms with Crippen LogP contribution in [0.5, 0.6) is 0 Å². The fourth-order valence-corrected chi connectivity index (χ4v) is 1.58. The minimum Gasteiger partial charge on any atom is -0.398 e. The average molecular weight is 192 g/mol. The number of hydrogen-bond donors (Lipinski definition) is 2. The van der Waals surface area contributed by atoms with E-state index < -0.39 is 0 Å². The number of anilines is 2. The minimum atomic E-state index is 0.793. The van der Waals surface area contributed by atoms with Gasteiger partial charge in [-0.05, 0) is 37.0 Å². The largest absolute Gasteiger partial charge is 0.398 e. The van der Waals surface area contributed by atoms with Crippen molar-refractivity contribution in [3.8, 4) is 0 Å². The number of hydrogen-bond acceptors (Lipinski definition) is 2. The highest BCUT2D eigenvalue weighted by atomic mass is 14.6. The molecule has 0 heterocycles. The number of unbranched alkanes of at least 4 members (excludes halogenated alkanes) is 2. The second kappa shape index (κ2) is 4.89. The number of aryl methyl sites for hydroxylation is 1. The summed E-state index contributed by atoms with van der Waals surface area (Å²) in [7, 11) is 0. The molecule has 4 N–H and O–H groups in total. The van der Waals surface area contributed by atoms with E-state index in [0.29, 0.717) is 0 Å². The Morgan fingerprint density at radius 1 is 1.14 bits per heavy atom. The lowest BCUT2D eigenvalue weighted by atomic mass is 10.0. The molecule has 0 atom stereocenters. The van der Waals surface area contributed by atoms with E-state index in [0.717, 1.165) is 23.4 Å². The lowest BCUT2D eigenvalue weighted by Crippen LogP contribution is -2.01. The van der Waals surface area contributed by atoms with Gasteiger partial charge >= 0.3 is 0 Å². The van der Waals surface area contributed by atoms with Crippen LogP contribution in [0.15, 0.2) is 12.1 Å². The first-order valence-corrected chi connectivity index (χ1v) is 5.30. The lowest BCUT2D eigenvalue weighted by molar-refractivity contribution is 0.718. The summed E-state index contributed by atoms with van der Waals surface area (Å²) in [4.78, 5) is 0. The van der Waals surface area contributed by atoms with Crippen LogP contribution in [-0.2, 0) is 6.42 Å². The molecule has 0 radical (unpaired) electrons.